The number of nitrogens with one attached hydrogen (secondary N) is 1. The molecule has 0 unspecified atom stereocenters. The van der Waals surface area contributed by atoms with Crippen LogP contribution in [0.2, 0.25) is 5.15 Å². The van der Waals surface area contributed by atoms with Crippen molar-refractivity contribution in [3.05, 3.63) is 22.8 Å². The molecule has 20 heavy (non-hydrogen) atoms. The number of nitrogens with zero attached hydrogens (tertiary/aromatic N) is 2. The quantitative estimate of drug-likeness (QED) is 0.498. The Morgan fingerprint density at radius 2 is 2.15 bits per heavy atom. The Morgan fingerprint density at radius 3 is 2.65 bits per heavy atom. The first kappa shape index (κ1) is 16.5. The number of alkyl halides is 3. The molecule has 0 bridgehead atoms. The van der Waals surface area contributed by atoms with Crippen molar-refractivity contribution < 1.29 is 18.0 Å². The van der Waals surface area contributed by atoms with Crippen LogP contribution < -0.4 is 11.3 Å². The molecule has 0 aromatic carbocycles. The fourth-order valence-electron chi connectivity index (χ4n) is 1.62. The molecule has 0 radical (unpaired) electrons. The lowest BCUT2D eigenvalue weighted by molar-refractivity contribution is -0.140. The van der Waals surface area contributed by atoms with Crippen molar-refractivity contribution in [3.8, 4) is 0 Å². The maximum Gasteiger partial charge on any atom is 0.406 e. The van der Waals surface area contributed by atoms with Gasteiger partial charge in [-0.1, -0.05) is 18.5 Å². The molecule has 112 valence electrons. The second kappa shape index (κ2) is 6.76. The first-order valence-corrected chi connectivity index (χ1v) is 6.15. The summed E-state index contributed by atoms with van der Waals surface area (Å²) in [5.41, 5.74) is 2.19. The number of anilines is 1. The van der Waals surface area contributed by atoms with Gasteiger partial charge in [0, 0.05) is 12.1 Å². The van der Waals surface area contributed by atoms with Crippen LogP contribution in [0.3, 0.4) is 0 Å². The Balaban J connectivity index is 3.02. The average Bonchev–Trinajstić information content (AvgIpc) is 2.35. The fraction of sp³-hybridized carbons (Fsp3) is 0.455. The molecule has 9 heteroatoms. The van der Waals surface area contributed by atoms with Crippen LogP contribution in [0.4, 0.5) is 19.0 Å². The number of aromatic nitrogens is 1. The van der Waals surface area contributed by atoms with Crippen LogP contribution in [-0.2, 0) is 0 Å². The minimum atomic E-state index is -4.46. The second-order valence-corrected chi connectivity index (χ2v) is 4.44. The van der Waals surface area contributed by atoms with Crippen LogP contribution in [0.5, 0.6) is 0 Å². The summed E-state index contributed by atoms with van der Waals surface area (Å²) in [6.45, 7) is 0.359. The Hall–Kier alpha value is -1.54. The van der Waals surface area contributed by atoms with Crippen molar-refractivity contribution in [2.24, 2.45) is 5.84 Å². The zero-order chi connectivity index (χ0) is 15.3. The lowest BCUT2D eigenvalue weighted by Gasteiger charge is -2.23. The van der Waals surface area contributed by atoms with Gasteiger partial charge in [-0.15, -0.1) is 0 Å². The lowest BCUT2D eigenvalue weighted by atomic mass is 10.2. The van der Waals surface area contributed by atoms with Gasteiger partial charge in [0.1, 0.15) is 17.5 Å². The lowest BCUT2D eigenvalue weighted by Crippen LogP contribution is -2.39. The first-order valence-electron chi connectivity index (χ1n) is 5.77. The molecule has 0 aliphatic carbocycles. The van der Waals surface area contributed by atoms with E-state index >= 15 is 0 Å². The maximum absolute atomic E-state index is 12.5. The summed E-state index contributed by atoms with van der Waals surface area (Å²) < 4.78 is 37.4. The molecule has 0 saturated carbocycles. The number of hydrazine groups is 1. The highest BCUT2D eigenvalue weighted by atomic mass is 35.5. The van der Waals surface area contributed by atoms with Crippen LogP contribution >= 0.6 is 11.6 Å². The molecule has 0 saturated heterocycles. The van der Waals surface area contributed by atoms with Crippen molar-refractivity contribution in [3.63, 3.8) is 0 Å². The van der Waals surface area contributed by atoms with Gasteiger partial charge in [0.05, 0.1) is 0 Å². The van der Waals surface area contributed by atoms with Crippen LogP contribution in [0, 0.1) is 0 Å². The molecule has 1 aromatic heterocycles. The van der Waals surface area contributed by atoms with E-state index in [1.54, 1.807) is 6.92 Å². The average molecular weight is 311 g/mol. The predicted molar refractivity (Wildman–Crippen MR) is 69.3 cm³/mol. The summed E-state index contributed by atoms with van der Waals surface area (Å²) in [6, 6.07) is 2.44. The third-order valence-electron chi connectivity index (χ3n) is 2.34. The van der Waals surface area contributed by atoms with Crippen molar-refractivity contribution in [1.29, 1.82) is 0 Å². The van der Waals surface area contributed by atoms with E-state index in [2.05, 4.69) is 10.4 Å². The monoisotopic (exact) mass is 310 g/mol. The number of nitrogen functional groups attached to an aromatic ring is 1. The molecule has 5 nitrogen and oxygen atoms in total. The van der Waals surface area contributed by atoms with Crippen molar-refractivity contribution in [1.82, 2.24) is 9.88 Å². The molecular formula is C11H14ClF3N4O. The SMILES string of the molecule is CCCN(CC(F)(F)F)C(=O)c1cc(Cl)nc(NN)c1. The molecule has 1 aromatic rings. The van der Waals surface area contributed by atoms with Crippen LogP contribution in [0.25, 0.3) is 0 Å². The summed E-state index contributed by atoms with van der Waals surface area (Å²) in [5, 5.41) is -0.0349. The Kier molecular flexibility index (Phi) is 5.58. The topological polar surface area (TPSA) is 71.2 Å². The minimum Gasteiger partial charge on any atom is -0.330 e. The predicted octanol–water partition coefficient (Wildman–Crippen LogP) is 2.44. The number of hydrogen-bond acceptors (Lipinski definition) is 4. The van der Waals surface area contributed by atoms with Gasteiger partial charge in [0.25, 0.3) is 5.91 Å². The number of pyridine rings is 1. The van der Waals surface area contributed by atoms with E-state index in [1.165, 1.54) is 12.1 Å². The number of carbonyl (C=O) groups is 1. The smallest absolute Gasteiger partial charge is 0.330 e. The maximum atomic E-state index is 12.5. The van der Waals surface area contributed by atoms with Crippen LogP contribution in [-0.4, -0.2) is 35.1 Å². The Labute approximate surface area is 118 Å². The van der Waals surface area contributed by atoms with Crippen molar-refractivity contribution in [2.45, 2.75) is 19.5 Å². The van der Waals surface area contributed by atoms with Gasteiger partial charge in [0.2, 0.25) is 0 Å². The summed E-state index contributed by atoms with van der Waals surface area (Å²) in [4.78, 5) is 16.6. The second-order valence-electron chi connectivity index (χ2n) is 4.05. The molecule has 0 aliphatic heterocycles. The molecule has 1 amide bonds. The zero-order valence-corrected chi connectivity index (χ0v) is 11.4. The summed E-state index contributed by atoms with van der Waals surface area (Å²) in [5.74, 6) is 4.48. The normalized spacial score (nSPS) is 11.3. The van der Waals surface area contributed by atoms with E-state index in [0.717, 1.165) is 0 Å². The number of rotatable bonds is 5. The molecule has 3 N–H and O–H groups in total. The van der Waals surface area contributed by atoms with Gasteiger partial charge < -0.3 is 10.3 Å². The third kappa shape index (κ3) is 4.86. The van der Waals surface area contributed by atoms with E-state index in [9.17, 15) is 18.0 Å². The molecule has 1 heterocycles. The molecule has 0 atom stereocenters. The van der Waals surface area contributed by atoms with E-state index in [-0.39, 0.29) is 23.1 Å². The molecular weight excluding hydrogens is 297 g/mol. The van der Waals surface area contributed by atoms with Crippen LogP contribution in [0.1, 0.15) is 23.7 Å². The summed E-state index contributed by atoms with van der Waals surface area (Å²) in [7, 11) is 0. The van der Waals surface area contributed by atoms with Gasteiger partial charge in [-0.05, 0) is 18.6 Å². The van der Waals surface area contributed by atoms with Gasteiger partial charge >= 0.3 is 6.18 Å². The number of nitrogens with two attached hydrogens (primary N) is 1. The highest BCUT2D eigenvalue weighted by Crippen LogP contribution is 2.20. The fourth-order valence-corrected chi connectivity index (χ4v) is 1.82. The van der Waals surface area contributed by atoms with E-state index in [1.807, 2.05) is 0 Å². The highest BCUT2D eigenvalue weighted by molar-refractivity contribution is 6.29. The van der Waals surface area contributed by atoms with Gasteiger partial charge in [-0.2, -0.15) is 13.2 Å². The van der Waals surface area contributed by atoms with Gasteiger partial charge in [-0.25, -0.2) is 10.8 Å². The van der Waals surface area contributed by atoms with E-state index in [0.29, 0.717) is 11.3 Å². The van der Waals surface area contributed by atoms with Crippen molar-refractivity contribution >= 4 is 23.3 Å². The van der Waals surface area contributed by atoms with E-state index in [4.69, 9.17) is 17.4 Å². The largest absolute Gasteiger partial charge is 0.406 e. The molecule has 0 fully saturated rings. The van der Waals surface area contributed by atoms with E-state index < -0.39 is 18.6 Å². The first-order chi connectivity index (χ1) is 9.26. The number of hydrogen-bond donors (Lipinski definition) is 2. The number of halogens is 4. The molecule has 1 rings (SSSR count). The highest BCUT2D eigenvalue weighted by Gasteiger charge is 2.33. The van der Waals surface area contributed by atoms with Crippen molar-refractivity contribution in [2.75, 3.05) is 18.5 Å². The minimum absolute atomic E-state index is 0.00403. The Bertz CT molecular complexity index is 481. The van der Waals surface area contributed by atoms with Gasteiger partial charge in [0.15, 0.2) is 0 Å². The number of carbonyl (C=O) groups excluding carboxylic acids is 1. The molecule has 0 spiro atoms. The van der Waals surface area contributed by atoms with Gasteiger partial charge in [-0.3, -0.25) is 4.79 Å². The third-order valence-corrected chi connectivity index (χ3v) is 2.53. The summed E-state index contributed by atoms with van der Waals surface area (Å²) >= 11 is 5.69. The van der Waals surface area contributed by atoms with Crippen LogP contribution in [0.15, 0.2) is 12.1 Å². The standard InChI is InChI=1S/C11H14ClF3N4O/c1-2-3-19(6-11(13,14)15)10(20)7-4-8(12)17-9(5-7)18-16/h4-5H,2-3,6,16H2,1H3,(H,17,18). The summed E-state index contributed by atoms with van der Waals surface area (Å²) in [6.07, 6.45) is -4.06. The molecule has 0 aliphatic rings. The Morgan fingerprint density at radius 1 is 1.50 bits per heavy atom. The number of amides is 1. The zero-order valence-electron chi connectivity index (χ0n) is 10.7.